The number of carbonyl (C=O) groups is 3. The molecule has 0 saturated carbocycles. The summed E-state index contributed by atoms with van der Waals surface area (Å²) < 4.78 is 5.24. The summed E-state index contributed by atoms with van der Waals surface area (Å²) in [5, 5.41) is 2.31. The number of hydrogen-bond acceptors (Lipinski definition) is 4. The molecule has 0 bridgehead atoms. The number of urea groups is 1. The van der Waals surface area contributed by atoms with E-state index in [-0.39, 0.29) is 12.3 Å². The maximum Gasteiger partial charge on any atom is 0.331 e. The van der Waals surface area contributed by atoms with E-state index in [1.165, 1.54) is 11.0 Å². The molecule has 0 aromatic heterocycles. The van der Waals surface area contributed by atoms with Crippen molar-refractivity contribution in [2.24, 2.45) is 0 Å². The Balaban J connectivity index is 2.20. The van der Waals surface area contributed by atoms with E-state index in [4.69, 9.17) is 4.74 Å². The van der Waals surface area contributed by atoms with Crippen LogP contribution in [-0.4, -0.2) is 30.1 Å². The summed E-state index contributed by atoms with van der Waals surface area (Å²) >= 11 is 0. The molecule has 6 heteroatoms. The number of imide groups is 1. The van der Waals surface area contributed by atoms with Crippen molar-refractivity contribution < 1.29 is 19.1 Å². The number of carbonyl (C=O) groups excluding carboxylic acids is 3. The first-order valence-electron chi connectivity index (χ1n) is 7.79. The van der Waals surface area contributed by atoms with E-state index in [1.807, 2.05) is 19.1 Å². The molecular formula is C18H22N2O4. The molecule has 128 valence electrons. The van der Waals surface area contributed by atoms with Crippen LogP contribution >= 0.6 is 0 Å². The highest BCUT2D eigenvalue weighted by Crippen LogP contribution is 2.25. The van der Waals surface area contributed by atoms with Crippen LogP contribution in [0, 0.1) is 6.92 Å². The second-order valence-electron chi connectivity index (χ2n) is 6.61. The zero-order valence-corrected chi connectivity index (χ0v) is 14.4. The van der Waals surface area contributed by atoms with Gasteiger partial charge in [-0.1, -0.05) is 12.1 Å². The average molecular weight is 330 g/mol. The minimum atomic E-state index is -0.545. The Hall–Kier alpha value is -2.63. The predicted octanol–water partition coefficient (Wildman–Crippen LogP) is 2.80. The molecule has 2 rings (SSSR count). The molecule has 1 aromatic rings. The first kappa shape index (κ1) is 17.7. The SMILES string of the molecule is Cc1c(/C=C/C(=O)OC(C)(C)C)cccc1N1CCC(=O)NC1=O. The number of rotatable bonds is 3. The molecule has 0 atom stereocenters. The highest BCUT2D eigenvalue weighted by atomic mass is 16.6. The van der Waals surface area contributed by atoms with E-state index in [0.29, 0.717) is 12.2 Å². The Morgan fingerprint density at radius 2 is 2.00 bits per heavy atom. The second kappa shape index (κ2) is 6.86. The summed E-state index contributed by atoms with van der Waals surface area (Å²) in [5.41, 5.74) is 1.83. The molecular weight excluding hydrogens is 308 g/mol. The lowest BCUT2D eigenvalue weighted by atomic mass is 10.0. The number of hydrogen-bond donors (Lipinski definition) is 1. The first-order valence-corrected chi connectivity index (χ1v) is 7.79. The molecule has 3 amide bonds. The van der Waals surface area contributed by atoms with E-state index in [9.17, 15) is 14.4 Å². The Morgan fingerprint density at radius 3 is 2.62 bits per heavy atom. The zero-order chi connectivity index (χ0) is 17.9. The number of benzene rings is 1. The van der Waals surface area contributed by atoms with Gasteiger partial charge < -0.3 is 4.74 Å². The van der Waals surface area contributed by atoms with Crippen molar-refractivity contribution in [3.8, 4) is 0 Å². The molecule has 24 heavy (non-hydrogen) atoms. The van der Waals surface area contributed by atoms with Gasteiger partial charge in [0.05, 0.1) is 0 Å². The maximum atomic E-state index is 12.0. The number of amides is 3. The molecule has 1 fully saturated rings. The average Bonchev–Trinajstić information content (AvgIpc) is 2.45. The van der Waals surface area contributed by atoms with Crippen molar-refractivity contribution in [3.63, 3.8) is 0 Å². The monoisotopic (exact) mass is 330 g/mol. The van der Waals surface area contributed by atoms with Gasteiger partial charge in [-0.15, -0.1) is 0 Å². The number of esters is 1. The molecule has 1 aliphatic rings. The van der Waals surface area contributed by atoms with Gasteiger partial charge in [0.15, 0.2) is 0 Å². The van der Waals surface area contributed by atoms with Crippen LogP contribution in [0.5, 0.6) is 0 Å². The van der Waals surface area contributed by atoms with Crippen molar-refractivity contribution in [2.45, 2.75) is 39.7 Å². The lowest BCUT2D eigenvalue weighted by Gasteiger charge is -2.28. The Kier molecular flexibility index (Phi) is 5.07. The quantitative estimate of drug-likeness (QED) is 0.683. The van der Waals surface area contributed by atoms with Crippen molar-refractivity contribution in [3.05, 3.63) is 35.4 Å². The van der Waals surface area contributed by atoms with Crippen molar-refractivity contribution in [1.82, 2.24) is 5.32 Å². The van der Waals surface area contributed by atoms with Gasteiger partial charge in [0.2, 0.25) is 5.91 Å². The molecule has 0 aliphatic carbocycles. The predicted molar refractivity (Wildman–Crippen MR) is 91.6 cm³/mol. The number of nitrogens with one attached hydrogen (secondary N) is 1. The summed E-state index contributed by atoms with van der Waals surface area (Å²) in [6.07, 6.45) is 3.31. The van der Waals surface area contributed by atoms with Crippen LogP contribution in [0.3, 0.4) is 0 Å². The Labute approximate surface area is 141 Å². The number of anilines is 1. The minimum Gasteiger partial charge on any atom is -0.457 e. The number of nitrogens with zero attached hydrogens (tertiary/aromatic N) is 1. The van der Waals surface area contributed by atoms with Gasteiger partial charge in [-0.2, -0.15) is 0 Å². The Bertz CT molecular complexity index is 701. The van der Waals surface area contributed by atoms with Crippen molar-refractivity contribution >= 4 is 29.7 Å². The zero-order valence-electron chi connectivity index (χ0n) is 14.4. The van der Waals surface area contributed by atoms with Gasteiger partial charge in [0, 0.05) is 24.7 Å². The third-order valence-electron chi connectivity index (χ3n) is 3.50. The van der Waals surface area contributed by atoms with E-state index in [1.54, 1.807) is 32.9 Å². The summed E-state index contributed by atoms with van der Waals surface area (Å²) in [7, 11) is 0. The van der Waals surface area contributed by atoms with Crippen molar-refractivity contribution in [2.75, 3.05) is 11.4 Å². The summed E-state index contributed by atoms with van der Waals surface area (Å²) in [6.45, 7) is 7.63. The standard InChI is InChI=1S/C18H22N2O4/c1-12-13(8-9-16(22)24-18(2,3)4)6-5-7-14(12)20-11-10-15(21)19-17(20)23/h5-9H,10-11H2,1-4H3,(H,19,21,23)/b9-8+. The van der Waals surface area contributed by atoms with Crippen LogP contribution < -0.4 is 10.2 Å². The first-order chi connectivity index (χ1) is 11.2. The largest absolute Gasteiger partial charge is 0.457 e. The maximum absolute atomic E-state index is 12.0. The smallest absolute Gasteiger partial charge is 0.331 e. The van der Waals surface area contributed by atoms with E-state index in [0.717, 1.165) is 11.1 Å². The molecule has 0 spiro atoms. The third kappa shape index (κ3) is 4.44. The molecule has 1 N–H and O–H groups in total. The molecule has 1 aromatic carbocycles. The summed E-state index contributed by atoms with van der Waals surface area (Å²) in [4.78, 5) is 36.6. The van der Waals surface area contributed by atoms with Gasteiger partial charge in [-0.25, -0.2) is 9.59 Å². The molecule has 0 unspecified atom stereocenters. The van der Waals surface area contributed by atoms with Crippen LogP contribution in [0.4, 0.5) is 10.5 Å². The third-order valence-corrected chi connectivity index (χ3v) is 3.50. The lowest BCUT2D eigenvalue weighted by molar-refractivity contribution is -0.148. The highest BCUT2D eigenvalue weighted by molar-refractivity contribution is 6.06. The van der Waals surface area contributed by atoms with E-state index >= 15 is 0 Å². The van der Waals surface area contributed by atoms with Gasteiger partial charge in [-0.05, 0) is 51.0 Å². The van der Waals surface area contributed by atoms with Crippen LogP contribution in [0.1, 0.15) is 38.3 Å². The lowest BCUT2D eigenvalue weighted by Crippen LogP contribution is -2.49. The minimum absolute atomic E-state index is 0.267. The van der Waals surface area contributed by atoms with Crippen LogP contribution in [-0.2, 0) is 14.3 Å². The van der Waals surface area contributed by atoms with E-state index < -0.39 is 17.6 Å². The second-order valence-corrected chi connectivity index (χ2v) is 6.61. The summed E-state index contributed by atoms with van der Waals surface area (Å²) in [6, 6.07) is 5.05. The summed E-state index contributed by atoms with van der Waals surface area (Å²) in [5.74, 6) is -0.691. The van der Waals surface area contributed by atoms with Crippen LogP contribution in [0.2, 0.25) is 0 Å². The van der Waals surface area contributed by atoms with Crippen molar-refractivity contribution in [1.29, 1.82) is 0 Å². The Morgan fingerprint density at radius 1 is 1.29 bits per heavy atom. The fourth-order valence-corrected chi connectivity index (χ4v) is 2.40. The van der Waals surface area contributed by atoms with E-state index in [2.05, 4.69) is 5.32 Å². The fraction of sp³-hybridized carbons (Fsp3) is 0.389. The highest BCUT2D eigenvalue weighted by Gasteiger charge is 2.25. The molecule has 1 aliphatic heterocycles. The molecule has 1 saturated heterocycles. The van der Waals surface area contributed by atoms with Gasteiger partial charge >= 0.3 is 12.0 Å². The fourth-order valence-electron chi connectivity index (χ4n) is 2.40. The molecule has 1 heterocycles. The normalized spacial score (nSPS) is 15.6. The van der Waals surface area contributed by atoms with Gasteiger partial charge in [-0.3, -0.25) is 15.0 Å². The molecule has 6 nitrogen and oxygen atoms in total. The topological polar surface area (TPSA) is 75.7 Å². The van der Waals surface area contributed by atoms with Gasteiger partial charge in [0.1, 0.15) is 5.60 Å². The van der Waals surface area contributed by atoms with Crippen LogP contribution in [0.15, 0.2) is 24.3 Å². The van der Waals surface area contributed by atoms with Crippen LogP contribution in [0.25, 0.3) is 6.08 Å². The van der Waals surface area contributed by atoms with Gasteiger partial charge in [0.25, 0.3) is 0 Å². The molecule has 0 radical (unpaired) electrons. The number of ether oxygens (including phenoxy) is 1.